The molecule has 6 heteroatoms. The smallest absolute Gasteiger partial charge is 0.140 e. The van der Waals surface area contributed by atoms with E-state index in [0.717, 1.165) is 49.6 Å². The largest absolute Gasteiger partial charge is 0.383 e. The number of methoxy groups -OCH3 is 1. The molecule has 0 N–H and O–H groups in total. The maximum atomic E-state index is 5.28. The molecule has 3 aromatic rings. The van der Waals surface area contributed by atoms with Crippen LogP contribution in [0.2, 0.25) is 0 Å². The number of anilines is 3. The van der Waals surface area contributed by atoms with Crippen LogP contribution in [-0.4, -0.2) is 64.5 Å². The summed E-state index contributed by atoms with van der Waals surface area (Å²) in [5.74, 6) is 3.27. The number of rotatable bonds is 8. The van der Waals surface area contributed by atoms with Crippen molar-refractivity contribution >= 4 is 28.1 Å². The zero-order chi connectivity index (χ0) is 23.7. The van der Waals surface area contributed by atoms with E-state index in [-0.39, 0.29) is 0 Å². The van der Waals surface area contributed by atoms with Crippen LogP contribution in [0.4, 0.5) is 17.2 Å². The zero-order valence-corrected chi connectivity index (χ0v) is 21.0. The van der Waals surface area contributed by atoms with Crippen molar-refractivity contribution in [3.05, 3.63) is 53.9 Å². The van der Waals surface area contributed by atoms with Crippen LogP contribution >= 0.6 is 0 Å². The van der Waals surface area contributed by atoms with Crippen molar-refractivity contribution < 1.29 is 4.74 Å². The van der Waals surface area contributed by atoms with Crippen LogP contribution in [0, 0.1) is 0 Å². The monoisotopic (exact) mass is 459 g/mol. The maximum Gasteiger partial charge on any atom is 0.140 e. The Balaban J connectivity index is 1.43. The van der Waals surface area contributed by atoms with Crippen molar-refractivity contribution in [3.63, 3.8) is 0 Å². The first-order valence-corrected chi connectivity index (χ1v) is 12.6. The van der Waals surface area contributed by atoms with Gasteiger partial charge in [0, 0.05) is 70.6 Å². The van der Waals surface area contributed by atoms with E-state index in [1.165, 1.54) is 35.2 Å². The second kappa shape index (κ2) is 9.79. The number of hydrogen-bond donors (Lipinski definition) is 0. The lowest BCUT2D eigenvalue weighted by Crippen LogP contribution is -2.34. The Morgan fingerprint density at radius 1 is 0.941 bits per heavy atom. The van der Waals surface area contributed by atoms with Crippen molar-refractivity contribution in [2.24, 2.45) is 0 Å². The molecule has 1 saturated carbocycles. The standard InChI is InChI=1S/C28H37N5O/c1-31(2)26-8-6-5-7-23(26)20-13-15-33(16-14-20)28-24-19-22(32(3)17-18-34-4)11-12-25(24)29-27(30-28)21-9-10-21/h5-8,11-12,19-21H,9-10,13-18H2,1-4H3. The fraction of sp³-hybridized carbons (Fsp3) is 0.500. The number of benzene rings is 2. The third-order valence-corrected chi connectivity index (χ3v) is 7.34. The van der Waals surface area contributed by atoms with E-state index >= 15 is 0 Å². The van der Waals surface area contributed by atoms with Gasteiger partial charge < -0.3 is 19.4 Å². The molecule has 5 rings (SSSR count). The molecular formula is C28H37N5O. The summed E-state index contributed by atoms with van der Waals surface area (Å²) < 4.78 is 5.28. The third-order valence-electron chi connectivity index (χ3n) is 7.34. The minimum atomic E-state index is 0.539. The fourth-order valence-electron chi connectivity index (χ4n) is 5.12. The van der Waals surface area contributed by atoms with Gasteiger partial charge in [0.1, 0.15) is 11.6 Å². The molecule has 2 aromatic carbocycles. The summed E-state index contributed by atoms with van der Waals surface area (Å²) in [5.41, 5.74) is 5.06. The highest BCUT2D eigenvalue weighted by atomic mass is 16.5. The van der Waals surface area contributed by atoms with Gasteiger partial charge in [-0.25, -0.2) is 9.97 Å². The van der Waals surface area contributed by atoms with Gasteiger partial charge in [-0.3, -0.25) is 0 Å². The number of piperidine rings is 1. The Labute approximate surface area is 203 Å². The fourth-order valence-corrected chi connectivity index (χ4v) is 5.12. The van der Waals surface area contributed by atoms with E-state index in [1.54, 1.807) is 7.11 Å². The van der Waals surface area contributed by atoms with Crippen molar-refractivity contribution in [3.8, 4) is 0 Å². The Hall–Kier alpha value is -2.86. The summed E-state index contributed by atoms with van der Waals surface area (Å²) in [6.45, 7) is 3.61. The van der Waals surface area contributed by atoms with Crippen molar-refractivity contribution in [2.75, 3.05) is 69.2 Å². The van der Waals surface area contributed by atoms with Gasteiger partial charge in [0.05, 0.1) is 12.1 Å². The summed E-state index contributed by atoms with van der Waals surface area (Å²) in [6.07, 6.45) is 4.71. The lowest BCUT2D eigenvalue weighted by molar-refractivity contribution is 0.206. The van der Waals surface area contributed by atoms with E-state index in [2.05, 4.69) is 78.3 Å². The van der Waals surface area contributed by atoms with Gasteiger partial charge >= 0.3 is 0 Å². The van der Waals surface area contributed by atoms with Gasteiger partial charge in [-0.1, -0.05) is 18.2 Å². The minimum Gasteiger partial charge on any atom is -0.383 e. The molecule has 180 valence electrons. The molecule has 2 heterocycles. The van der Waals surface area contributed by atoms with E-state index in [4.69, 9.17) is 14.7 Å². The number of likely N-dealkylation sites (N-methyl/N-ethyl adjacent to an activating group) is 1. The summed E-state index contributed by atoms with van der Waals surface area (Å²) in [6, 6.07) is 15.5. The second-order valence-electron chi connectivity index (χ2n) is 10.0. The van der Waals surface area contributed by atoms with Gasteiger partial charge in [0.2, 0.25) is 0 Å². The van der Waals surface area contributed by atoms with E-state index < -0.39 is 0 Å². The highest BCUT2D eigenvalue weighted by Gasteiger charge is 2.30. The maximum absolute atomic E-state index is 5.28. The van der Waals surface area contributed by atoms with Crippen molar-refractivity contribution in [2.45, 2.75) is 37.5 Å². The molecule has 0 bridgehead atoms. The van der Waals surface area contributed by atoms with Crippen LogP contribution in [0.1, 0.15) is 48.9 Å². The summed E-state index contributed by atoms with van der Waals surface area (Å²) in [4.78, 5) is 17.1. The molecule has 0 radical (unpaired) electrons. The number of aromatic nitrogens is 2. The van der Waals surface area contributed by atoms with Gasteiger partial charge in [-0.15, -0.1) is 0 Å². The quantitative estimate of drug-likeness (QED) is 0.470. The number of para-hydroxylation sites is 1. The van der Waals surface area contributed by atoms with E-state index in [1.807, 2.05) is 0 Å². The van der Waals surface area contributed by atoms with E-state index in [9.17, 15) is 0 Å². The highest BCUT2D eigenvalue weighted by molar-refractivity contribution is 5.92. The normalized spacial score (nSPS) is 16.8. The lowest BCUT2D eigenvalue weighted by Gasteiger charge is -2.35. The molecular weight excluding hydrogens is 422 g/mol. The summed E-state index contributed by atoms with van der Waals surface area (Å²) in [7, 11) is 8.15. The average Bonchev–Trinajstić information content (AvgIpc) is 3.72. The molecule has 1 aromatic heterocycles. The zero-order valence-electron chi connectivity index (χ0n) is 21.0. The average molecular weight is 460 g/mol. The predicted octanol–water partition coefficient (Wildman–Crippen LogP) is 5.04. The first-order valence-electron chi connectivity index (χ1n) is 12.6. The van der Waals surface area contributed by atoms with Crippen LogP contribution in [0.5, 0.6) is 0 Å². The molecule has 1 aliphatic carbocycles. The SMILES string of the molecule is COCCN(C)c1ccc2nc(C3CC3)nc(N3CCC(c4ccccc4N(C)C)CC3)c2c1. The molecule has 6 nitrogen and oxygen atoms in total. The van der Waals surface area contributed by atoms with Gasteiger partial charge in [-0.2, -0.15) is 0 Å². The Morgan fingerprint density at radius 3 is 2.41 bits per heavy atom. The predicted molar refractivity (Wildman–Crippen MR) is 142 cm³/mol. The van der Waals surface area contributed by atoms with Gasteiger partial charge in [0.25, 0.3) is 0 Å². The molecule has 2 fully saturated rings. The molecule has 1 saturated heterocycles. The molecule has 2 aliphatic rings. The third kappa shape index (κ3) is 4.69. The second-order valence-corrected chi connectivity index (χ2v) is 10.0. The summed E-state index contributed by atoms with van der Waals surface area (Å²) in [5, 5.41) is 1.17. The Bertz CT molecular complexity index is 1130. The van der Waals surface area contributed by atoms with Crippen LogP contribution in [0.3, 0.4) is 0 Å². The Kier molecular flexibility index (Phi) is 6.59. The Morgan fingerprint density at radius 2 is 1.71 bits per heavy atom. The molecule has 0 atom stereocenters. The number of nitrogens with zero attached hydrogens (tertiary/aromatic N) is 5. The molecule has 0 spiro atoms. The number of ether oxygens (including phenoxy) is 1. The summed E-state index contributed by atoms with van der Waals surface area (Å²) >= 11 is 0. The highest BCUT2D eigenvalue weighted by Crippen LogP contribution is 2.41. The number of hydrogen-bond acceptors (Lipinski definition) is 6. The first-order chi connectivity index (χ1) is 16.5. The molecule has 34 heavy (non-hydrogen) atoms. The number of fused-ring (bicyclic) bond motifs is 1. The van der Waals surface area contributed by atoms with Crippen molar-refractivity contribution in [1.29, 1.82) is 0 Å². The van der Waals surface area contributed by atoms with Gasteiger partial charge in [0.15, 0.2) is 0 Å². The topological polar surface area (TPSA) is 44.7 Å². The molecule has 0 amide bonds. The van der Waals surface area contributed by atoms with Crippen LogP contribution < -0.4 is 14.7 Å². The van der Waals surface area contributed by atoms with Crippen LogP contribution in [-0.2, 0) is 4.74 Å². The minimum absolute atomic E-state index is 0.539. The van der Waals surface area contributed by atoms with Crippen LogP contribution in [0.25, 0.3) is 10.9 Å². The molecule has 1 aliphatic heterocycles. The van der Waals surface area contributed by atoms with Gasteiger partial charge in [-0.05, 0) is 61.4 Å². The lowest BCUT2D eigenvalue weighted by atomic mass is 9.88. The van der Waals surface area contributed by atoms with Crippen LogP contribution in [0.15, 0.2) is 42.5 Å². The molecule has 0 unspecified atom stereocenters. The first kappa shape index (κ1) is 22.9. The van der Waals surface area contributed by atoms with Crippen molar-refractivity contribution in [1.82, 2.24) is 9.97 Å². The van der Waals surface area contributed by atoms with E-state index in [0.29, 0.717) is 18.4 Å².